The second-order valence-electron chi connectivity index (χ2n) is 3.95. The Bertz CT molecular complexity index is 439. The number of aliphatic hydroxyl groups is 1. The summed E-state index contributed by atoms with van der Waals surface area (Å²) in [7, 11) is 0. The number of nitrogens with zero attached hydrogens (tertiary/aromatic N) is 1. The number of nitrogens with one attached hydrogen (secondary N) is 1. The van der Waals surface area contributed by atoms with E-state index in [0.717, 1.165) is 0 Å². The van der Waals surface area contributed by atoms with Crippen LogP contribution >= 0.6 is 11.8 Å². The van der Waals surface area contributed by atoms with Crippen LogP contribution in [0.4, 0.5) is 5.69 Å². The second-order valence-corrected chi connectivity index (χ2v) is 5.73. The molecule has 0 aromatic heterocycles. The molecule has 1 aromatic rings. The molecule has 0 aliphatic carbocycles. The number of hydrogen-bond acceptors (Lipinski definition) is 4. The molecule has 0 saturated heterocycles. The zero-order chi connectivity index (χ0) is 13.5. The van der Waals surface area contributed by atoms with Gasteiger partial charge < -0.3 is 10.4 Å². The predicted octanol–water partition coefficient (Wildman–Crippen LogP) is 2.00. The van der Waals surface area contributed by atoms with Crippen molar-refractivity contribution in [3.8, 4) is 6.07 Å². The molecule has 2 unspecified atom stereocenters. The van der Waals surface area contributed by atoms with Crippen molar-refractivity contribution in [1.82, 2.24) is 0 Å². The molecule has 0 spiro atoms. The van der Waals surface area contributed by atoms with Gasteiger partial charge in [-0.05, 0) is 31.2 Å². The molecule has 1 rings (SSSR count). The molecule has 0 bridgehead atoms. The van der Waals surface area contributed by atoms with Crippen LogP contribution in [0.2, 0.25) is 0 Å². The molecular formula is C13H16N2O2S. The smallest absolute Gasteiger partial charge is 0.237 e. The van der Waals surface area contributed by atoms with E-state index in [-0.39, 0.29) is 23.0 Å². The third-order valence-electron chi connectivity index (χ3n) is 2.34. The molecule has 0 radical (unpaired) electrons. The van der Waals surface area contributed by atoms with Gasteiger partial charge in [-0.1, -0.05) is 6.92 Å². The van der Waals surface area contributed by atoms with Crippen LogP contribution in [0.1, 0.15) is 19.4 Å². The first-order chi connectivity index (χ1) is 8.56. The van der Waals surface area contributed by atoms with Crippen LogP contribution in [0.3, 0.4) is 0 Å². The van der Waals surface area contributed by atoms with Gasteiger partial charge in [0.25, 0.3) is 0 Å². The van der Waals surface area contributed by atoms with E-state index in [4.69, 9.17) is 10.4 Å². The Balaban J connectivity index is 2.55. The number of amides is 1. The number of benzene rings is 1. The van der Waals surface area contributed by atoms with Crippen molar-refractivity contribution >= 4 is 23.4 Å². The average Bonchev–Trinajstić information content (AvgIpc) is 2.39. The van der Waals surface area contributed by atoms with E-state index < -0.39 is 0 Å². The minimum absolute atomic E-state index is 0.0340. The van der Waals surface area contributed by atoms with E-state index in [9.17, 15) is 4.79 Å². The Morgan fingerprint density at radius 3 is 2.56 bits per heavy atom. The van der Waals surface area contributed by atoms with Crippen molar-refractivity contribution in [3.05, 3.63) is 29.8 Å². The van der Waals surface area contributed by atoms with Crippen LogP contribution in [0.15, 0.2) is 24.3 Å². The SMILES string of the molecule is CC(CO)SC(C)C(=O)Nc1ccc(C#N)cc1. The maximum absolute atomic E-state index is 11.8. The van der Waals surface area contributed by atoms with Crippen molar-refractivity contribution < 1.29 is 9.90 Å². The fourth-order valence-electron chi connectivity index (χ4n) is 1.33. The average molecular weight is 264 g/mol. The highest BCUT2D eigenvalue weighted by Crippen LogP contribution is 2.19. The third-order valence-corrected chi connectivity index (χ3v) is 3.58. The lowest BCUT2D eigenvalue weighted by Crippen LogP contribution is -2.24. The summed E-state index contributed by atoms with van der Waals surface area (Å²) >= 11 is 1.42. The number of rotatable bonds is 5. The Morgan fingerprint density at radius 1 is 1.44 bits per heavy atom. The molecule has 0 saturated carbocycles. The molecule has 0 fully saturated rings. The summed E-state index contributed by atoms with van der Waals surface area (Å²) < 4.78 is 0. The molecule has 18 heavy (non-hydrogen) atoms. The van der Waals surface area contributed by atoms with E-state index in [1.165, 1.54) is 11.8 Å². The molecule has 2 N–H and O–H groups in total. The van der Waals surface area contributed by atoms with Crippen LogP contribution in [-0.4, -0.2) is 28.1 Å². The summed E-state index contributed by atoms with van der Waals surface area (Å²) in [6.45, 7) is 3.73. The lowest BCUT2D eigenvalue weighted by Gasteiger charge is -2.15. The lowest BCUT2D eigenvalue weighted by molar-refractivity contribution is -0.115. The van der Waals surface area contributed by atoms with Crippen LogP contribution in [0.25, 0.3) is 0 Å². The third kappa shape index (κ3) is 4.40. The van der Waals surface area contributed by atoms with Crippen LogP contribution in [0, 0.1) is 11.3 Å². The topological polar surface area (TPSA) is 73.1 Å². The zero-order valence-electron chi connectivity index (χ0n) is 10.4. The van der Waals surface area contributed by atoms with Gasteiger partial charge in [-0.3, -0.25) is 4.79 Å². The van der Waals surface area contributed by atoms with E-state index >= 15 is 0 Å². The van der Waals surface area contributed by atoms with E-state index in [1.54, 1.807) is 31.2 Å². The first kappa shape index (κ1) is 14.6. The van der Waals surface area contributed by atoms with Gasteiger partial charge in [0.05, 0.1) is 23.5 Å². The van der Waals surface area contributed by atoms with Crippen LogP contribution in [0.5, 0.6) is 0 Å². The van der Waals surface area contributed by atoms with Crippen LogP contribution < -0.4 is 5.32 Å². The van der Waals surface area contributed by atoms with Gasteiger partial charge in [0.2, 0.25) is 5.91 Å². The van der Waals surface area contributed by atoms with E-state index in [2.05, 4.69) is 5.32 Å². The minimum Gasteiger partial charge on any atom is -0.395 e. The summed E-state index contributed by atoms with van der Waals surface area (Å²) in [6, 6.07) is 8.73. The fourth-order valence-corrected chi connectivity index (χ4v) is 2.29. The summed E-state index contributed by atoms with van der Waals surface area (Å²) in [5.74, 6) is -0.106. The molecule has 1 amide bonds. The molecular weight excluding hydrogens is 248 g/mol. The standard InChI is InChI=1S/C13H16N2O2S/c1-9(8-16)18-10(2)13(17)15-12-5-3-11(7-14)4-6-12/h3-6,9-10,16H,8H2,1-2H3,(H,15,17). The molecule has 5 heteroatoms. The summed E-state index contributed by atoms with van der Waals surface area (Å²) in [6.07, 6.45) is 0. The van der Waals surface area contributed by atoms with Gasteiger partial charge in [-0.2, -0.15) is 5.26 Å². The Kier molecular flexibility index (Phi) is 5.69. The largest absolute Gasteiger partial charge is 0.395 e. The van der Waals surface area contributed by atoms with Crippen LogP contribution in [-0.2, 0) is 4.79 Å². The maximum atomic E-state index is 11.8. The normalized spacial score (nSPS) is 13.4. The quantitative estimate of drug-likeness (QED) is 0.853. The summed E-state index contributed by atoms with van der Waals surface area (Å²) in [4.78, 5) is 11.8. The van der Waals surface area contributed by atoms with Gasteiger partial charge in [0, 0.05) is 10.9 Å². The van der Waals surface area contributed by atoms with Crippen molar-refractivity contribution in [2.75, 3.05) is 11.9 Å². The first-order valence-electron chi connectivity index (χ1n) is 5.64. The summed E-state index contributed by atoms with van der Waals surface area (Å²) in [5, 5.41) is 20.2. The molecule has 0 aliphatic rings. The fraction of sp³-hybridized carbons (Fsp3) is 0.385. The minimum atomic E-state index is -0.234. The number of carbonyl (C=O) groups excluding carboxylic acids is 1. The highest BCUT2D eigenvalue weighted by atomic mass is 32.2. The molecule has 0 aliphatic heterocycles. The lowest BCUT2D eigenvalue weighted by atomic mass is 10.2. The van der Waals surface area contributed by atoms with Crippen molar-refractivity contribution in [1.29, 1.82) is 5.26 Å². The number of anilines is 1. The second kappa shape index (κ2) is 7.04. The van der Waals surface area contributed by atoms with E-state index in [0.29, 0.717) is 11.3 Å². The monoisotopic (exact) mass is 264 g/mol. The van der Waals surface area contributed by atoms with Gasteiger partial charge in [-0.25, -0.2) is 0 Å². The van der Waals surface area contributed by atoms with Crippen molar-refractivity contribution in [2.45, 2.75) is 24.3 Å². The number of carbonyl (C=O) groups is 1. The summed E-state index contributed by atoms with van der Waals surface area (Å²) in [5.41, 5.74) is 1.23. The number of hydrogen-bond donors (Lipinski definition) is 2. The van der Waals surface area contributed by atoms with Gasteiger partial charge in [0.1, 0.15) is 0 Å². The number of nitriles is 1. The molecule has 0 heterocycles. The molecule has 1 aromatic carbocycles. The maximum Gasteiger partial charge on any atom is 0.237 e. The number of aliphatic hydroxyl groups excluding tert-OH is 1. The molecule has 4 nitrogen and oxygen atoms in total. The Hall–Kier alpha value is -1.51. The first-order valence-corrected chi connectivity index (χ1v) is 6.58. The molecule has 2 atom stereocenters. The van der Waals surface area contributed by atoms with Gasteiger partial charge in [-0.15, -0.1) is 11.8 Å². The molecule has 96 valence electrons. The van der Waals surface area contributed by atoms with Gasteiger partial charge in [0.15, 0.2) is 0 Å². The zero-order valence-corrected chi connectivity index (χ0v) is 11.2. The highest BCUT2D eigenvalue weighted by Gasteiger charge is 2.16. The van der Waals surface area contributed by atoms with Gasteiger partial charge >= 0.3 is 0 Å². The Labute approximate surface area is 111 Å². The predicted molar refractivity (Wildman–Crippen MR) is 73.4 cm³/mol. The number of thioether (sulfide) groups is 1. The Morgan fingerprint density at radius 2 is 2.06 bits per heavy atom. The van der Waals surface area contributed by atoms with E-state index in [1.807, 2.05) is 13.0 Å². The van der Waals surface area contributed by atoms with Crippen molar-refractivity contribution in [3.63, 3.8) is 0 Å². The van der Waals surface area contributed by atoms with Crippen molar-refractivity contribution in [2.24, 2.45) is 0 Å². The highest BCUT2D eigenvalue weighted by molar-refractivity contribution is 8.01.